The number of carbonyl (C=O) groups excluding carboxylic acids is 1. The summed E-state index contributed by atoms with van der Waals surface area (Å²) in [5.41, 5.74) is 1.06. The van der Waals surface area contributed by atoms with Gasteiger partial charge in [-0.1, -0.05) is 30.3 Å². The van der Waals surface area contributed by atoms with Gasteiger partial charge >= 0.3 is 0 Å². The number of quaternary nitrogens is 1. The van der Waals surface area contributed by atoms with E-state index in [9.17, 15) is 9.90 Å². The second-order valence-corrected chi connectivity index (χ2v) is 4.24. The Bertz CT molecular complexity index is 339. The molecule has 0 spiro atoms. The van der Waals surface area contributed by atoms with Crippen LogP contribution in [0.4, 0.5) is 0 Å². The highest BCUT2D eigenvalue weighted by Gasteiger charge is 2.21. The summed E-state index contributed by atoms with van der Waals surface area (Å²) >= 11 is 0. The van der Waals surface area contributed by atoms with Gasteiger partial charge in [0, 0.05) is 5.56 Å². The zero-order valence-electron chi connectivity index (χ0n) is 9.43. The maximum Gasteiger partial charge on any atom is 0.119 e. The van der Waals surface area contributed by atoms with Gasteiger partial charge in [0.15, 0.2) is 0 Å². The number of nitrogens with zero attached hydrogens (tertiary/aromatic N) is 1. The number of benzene rings is 1. The molecule has 4 heteroatoms. The molecular weight excluding hydrogens is 206 g/mol. The van der Waals surface area contributed by atoms with Gasteiger partial charge in [0.2, 0.25) is 0 Å². The summed E-state index contributed by atoms with van der Waals surface area (Å²) in [7, 11) is 1.80. The van der Waals surface area contributed by atoms with Crippen molar-refractivity contribution in [1.29, 1.82) is 0 Å². The topological polar surface area (TPSA) is 60.4 Å². The van der Waals surface area contributed by atoms with Gasteiger partial charge in [0.25, 0.3) is 0 Å². The van der Waals surface area contributed by atoms with Crippen molar-refractivity contribution in [1.82, 2.24) is 0 Å². The lowest BCUT2D eigenvalue weighted by molar-refractivity contribution is -0.917. The van der Waals surface area contributed by atoms with Crippen LogP contribution >= 0.6 is 0 Å². The van der Waals surface area contributed by atoms with Crippen LogP contribution in [0.15, 0.2) is 30.3 Å². The highest BCUT2D eigenvalue weighted by molar-refractivity contribution is 5.65. The summed E-state index contributed by atoms with van der Waals surface area (Å²) in [6.45, 7) is 0.865. The van der Waals surface area contributed by atoms with Crippen molar-refractivity contribution in [2.24, 2.45) is 0 Å². The molecule has 0 fully saturated rings. The quantitative estimate of drug-likeness (QED) is 0.654. The zero-order chi connectivity index (χ0) is 12.0. The first-order chi connectivity index (χ1) is 7.56. The molecule has 1 unspecified atom stereocenters. The number of aliphatic carboxylic acids is 1. The van der Waals surface area contributed by atoms with Gasteiger partial charge in [-0.15, -0.1) is 0 Å². The highest BCUT2D eigenvalue weighted by Crippen LogP contribution is 2.10. The van der Waals surface area contributed by atoms with E-state index in [1.807, 2.05) is 30.3 Å². The minimum atomic E-state index is -1.09. The number of rotatable bonds is 6. The number of carboxylic acids is 1. The number of hydrogen-bond donors (Lipinski definition) is 1. The first-order valence-electron chi connectivity index (χ1n) is 5.24. The van der Waals surface area contributed by atoms with Crippen molar-refractivity contribution in [2.45, 2.75) is 6.54 Å². The summed E-state index contributed by atoms with van der Waals surface area (Å²) in [6.07, 6.45) is 0. The molecule has 16 heavy (non-hydrogen) atoms. The van der Waals surface area contributed by atoms with Crippen molar-refractivity contribution in [3.05, 3.63) is 35.9 Å². The van der Waals surface area contributed by atoms with E-state index < -0.39 is 5.97 Å². The lowest BCUT2D eigenvalue weighted by Gasteiger charge is -2.34. The largest absolute Gasteiger partial charge is 0.544 e. The molecule has 1 N–H and O–H groups in total. The molecule has 1 aromatic carbocycles. The van der Waals surface area contributed by atoms with E-state index in [0.717, 1.165) is 5.56 Å². The van der Waals surface area contributed by atoms with E-state index in [1.165, 1.54) is 0 Å². The minimum Gasteiger partial charge on any atom is -0.544 e. The maximum absolute atomic E-state index is 10.7. The second-order valence-electron chi connectivity index (χ2n) is 4.24. The molecular formula is C12H17NO3. The molecule has 0 aromatic heterocycles. The lowest BCUT2D eigenvalue weighted by Crippen LogP contribution is -2.52. The Labute approximate surface area is 95.3 Å². The Kier molecular flexibility index (Phi) is 4.46. The number of aliphatic hydroxyl groups excluding tert-OH is 1. The lowest BCUT2D eigenvalue weighted by atomic mass is 10.2. The number of hydrogen-bond acceptors (Lipinski definition) is 3. The first kappa shape index (κ1) is 12.7. The Balaban J connectivity index is 2.74. The van der Waals surface area contributed by atoms with Gasteiger partial charge in [-0.3, -0.25) is 0 Å². The zero-order valence-corrected chi connectivity index (χ0v) is 9.43. The fourth-order valence-electron chi connectivity index (χ4n) is 1.79. The fraction of sp³-hybridized carbons (Fsp3) is 0.417. The minimum absolute atomic E-state index is 0.0311. The van der Waals surface area contributed by atoms with Crippen LogP contribution in [-0.4, -0.2) is 42.3 Å². The van der Waals surface area contributed by atoms with Crippen LogP contribution in [0.2, 0.25) is 0 Å². The van der Waals surface area contributed by atoms with E-state index >= 15 is 0 Å². The van der Waals surface area contributed by atoms with Crippen LogP contribution in [0, 0.1) is 0 Å². The van der Waals surface area contributed by atoms with Crippen molar-refractivity contribution in [3.8, 4) is 0 Å². The predicted molar refractivity (Wildman–Crippen MR) is 58.2 cm³/mol. The first-order valence-corrected chi connectivity index (χ1v) is 5.24. The summed E-state index contributed by atoms with van der Waals surface area (Å²) in [6, 6.07) is 9.64. The summed E-state index contributed by atoms with van der Waals surface area (Å²) in [5, 5.41) is 19.6. The number of likely N-dealkylation sites (N-methyl/N-ethyl adjacent to an activating group) is 1. The van der Waals surface area contributed by atoms with Crippen molar-refractivity contribution >= 4 is 5.97 Å². The van der Waals surface area contributed by atoms with Crippen LogP contribution in [0.1, 0.15) is 5.56 Å². The molecule has 0 amide bonds. The molecule has 0 heterocycles. The third kappa shape index (κ3) is 4.00. The molecule has 1 atom stereocenters. The van der Waals surface area contributed by atoms with Gasteiger partial charge in [-0.2, -0.15) is 0 Å². The molecule has 0 saturated heterocycles. The van der Waals surface area contributed by atoms with Crippen LogP contribution in [0.25, 0.3) is 0 Å². The third-order valence-corrected chi connectivity index (χ3v) is 2.56. The normalized spacial score (nSPS) is 14.4. The second kappa shape index (κ2) is 5.63. The Morgan fingerprint density at radius 3 is 2.50 bits per heavy atom. The van der Waals surface area contributed by atoms with E-state index in [4.69, 9.17) is 5.11 Å². The van der Waals surface area contributed by atoms with E-state index in [-0.39, 0.29) is 17.6 Å². The molecule has 1 aromatic rings. The molecule has 0 aliphatic rings. The van der Waals surface area contributed by atoms with Crippen molar-refractivity contribution in [2.75, 3.05) is 26.7 Å². The van der Waals surface area contributed by atoms with Gasteiger partial charge < -0.3 is 19.5 Å². The molecule has 4 nitrogen and oxygen atoms in total. The van der Waals surface area contributed by atoms with Crippen LogP contribution in [0.3, 0.4) is 0 Å². The molecule has 0 radical (unpaired) electrons. The Morgan fingerprint density at radius 2 is 2.00 bits per heavy atom. The highest BCUT2D eigenvalue weighted by atomic mass is 16.4. The van der Waals surface area contributed by atoms with E-state index in [0.29, 0.717) is 13.1 Å². The van der Waals surface area contributed by atoms with Gasteiger partial charge in [0.05, 0.1) is 19.6 Å². The Morgan fingerprint density at radius 1 is 1.38 bits per heavy atom. The SMILES string of the molecule is C[N+](CCO)(CC(=O)[O-])Cc1ccccc1. The molecule has 0 aliphatic heterocycles. The average Bonchev–Trinajstić information content (AvgIpc) is 2.17. The summed E-state index contributed by atoms with van der Waals surface area (Å²) < 4.78 is 0.253. The van der Waals surface area contributed by atoms with Crippen molar-refractivity contribution in [3.63, 3.8) is 0 Å². The summed E-state index contributed by atoms with van der Waals surface area (Å²) in [4.78, 5) is 10.7. The fourth-order valence-corrected chi connectivity index (χ4v) is 1.79. The maximum atomic E-state index is 10.7. The van der Waals surface area contributed by atoms with Gasteiger partial charge in [-0.05, 0) is 0 Å². The van der Waals surface area contributed by atoms with Crippen LogP contribution in [0.5, 0.6) is 0 Å². The molecule has 0 bridgehead atoms. The van der Waals surface area contributed by atoms with Crippen molar-refractivity contribution < 1.29 is 19.5 Å². The predicted octanol–water partition coefficient (Wildman–Crippen LogP) is -0.625. The van der Waals surface area contributed by atoms with Gasteiger partial charge in [-0.25, -0.2) is 0 Å². The van der Waals surface area contributed by atoms with Crippen LogP contribution in [-0.2, 0) is 11.3 Å². The average molecular weight is 223 g/mol. The summed E-state index contributed by atoms with van der Waals surface area (Å²) in [5.74, 6) is -1.09. The number of aliphatic hydroxyl groups is 1. The van der Waals surface area contributed by atoms with E-state index in [1.54, 1.807) is 7.05 Å². The molecule has 0 aliphatic carbocycles. The number of carbonyl (C=O) groups is 1. The molecule has 88 valence electrons. The monoisotopic (exact) mass is 223 g/mol. The van der Waals surface area contributed by atoms with E-state index in [2.05, 4.69) is 0 Å². The number of carboxylic acid groups (broad SMARTS) is 1. The Hall–Kier alpha value is -1.39. The molecule has 1 rings (SSSR count). The third-order valence-electron chi connectivity index (χ3n) is 2.56. The standard InChI is InChI=1S/C12H17NO3/c1-13(7-8-14,10-12(15)16)9-11-5-3-2-4-6-11/h2-6,14H,7-10H2,1H3. The van der Waals surface area contributed by atoms with Gasteiger partial charge in [0.1, 0.15) is 19.6 Å². The smallest absolute Gasteiger partial charge is 0.119 e. The molecule has 0 saturated carbocycles. The van der Waals surface area contributed by atoms with Crippen LogP contribution < -0.4 is 5.11 Å².